The van der Waals surface area contributed by atoms with E-state index in [1.807, 2.05) is 13.8 Å². The van der Waals surface area contributed by atoms with Gasteiger partial charge < -0.3 is 9.84 Å². The van der Waals surface area contributed by atoms with E-state index in [0.717, 1.165) is 0 Å². The quantitative estimate of drug-likeness (QED) is 0.434. The third kappa shape index (κ3) is 5.31. The van der Waals surface area contributed by atoms with Crippen LogP contribution in [-0.4, -0.2) is 44.2 Å². The van der Waals surface area contributed by atoms with Crippen molar-refractivity contribution < 1.29 is 32.6 Å². The molecule has 7 nitrogen and oxygen atoms in total. The van der Waals surface area contributed by atoms with Crippen LogP contribution >= 0.6 is 0 Å². The molecule has 0 radical (unpaired) electrons. The van der Waals surface area contributed by atoms with E-state index in [4.69, 9.17) is 4.74 Å². The van der Waals surface area contributed by atoms with Crippen molar-refractivity contribution in [2.24, 2.45) is 5.41 Å². The molecule has 2 aromatic rings. The van der Waals surface area contributed by atoms with Gasteiger partial charge in [-0.05, 0) is 18.4 Å². The van der Waals surface area contributed by atoms with Gasteiger partial charge in [-0.25, -0.2) is 0 Å². The molecule has 0 spiro atoms. The van der Waals surface area contributed by atoms with Gasteiger partial charge in [0, 0.05) is 30.8 Å². The topological polar surface area (TPSA) is 94.3 Å². The summed E-state index contributed by atoms with van der Waals surface area (Å²) in [4.78, 5) is 28.9. The molecule has 0 saturated heterocycles. The van der Waals surface area contributed by atoms with Crippen LogP contribution in [0.1, 0.15) is 43.5 Å². The monoisotopic (exact) mass is 437 g/mol. The Labute approximate surface area is 176 Å². The van der Waals surface area contributed by atoms with Crippen molar-refractivity contribution in [1.29, 1.82) is 0 Å². The van der Waals surface area contributed by atoms with E-state index in [2.05, 4.69) is 10.1 Å². The zero-order chi connectivity index (χ0) is 23.0. The summed E-state index contributed by atoms with van der Waals surface area (Å²) in [6.07, 6.45) is -0.0742. The number of carbonyl (C=O) groups excluding carboxylic acids is 2. The fourth-order valence-electron chi connectivity index (χ4n) is 3.43. The van der Waals surface area contributed by atoms with Crippen LogP contribution in [0, 0.1) is 12.3 Å². The van der Waals surface area contributed by atoms with Crippen LogP contribution in [0.5, 0.6) is 5.75 Å². The predicted molar refractivity (Wildman–Crippen MR) is 104 cm³/mol. The molecule has 1 saturated carbocycles. The standard InChI is InChI=1S/C21H22F3N3O4/c1-12-14(25-5-4-17(12)31-11-21(22,23)24)10-27-9-13(8-26-27)19(30)18-15(28)6-20(2,3)7-16(18)29/h4-5,8-9,30H,6-7,10-11H2,1-3H3. The summed E-state index contributed by atoms with van der Waals surface area (Å²) in [7, 11) is 0. The van der Waals surface area contributed by atoms with Crippen LogP contribution in [-0.2, 0) is 16.1 Å². The normalized spacial score (nSPS) is 16.5. The van der Waals surface area contributed by atoms with Gasteiger partial charge in [-0.15, -0.1) is 0 Å². The van der Waals surface area contributed by atoms with E-state index < -0.39 is 35.5 Å². The van der Waals surface area contributed by atoms with Gasteiger partial charge in [-0.2, -0.15) is 18.3 Å². The summed E-state index contributed by atoms with van der Waals surface area (Å²) >= 11 is 0. The summed E-state index contributed by atoms with van der Waals surface area (Å²) in [6.45, 7) is 3.89. The molecule has 1 fully saturated rings. The highest BCUT2D eigenvalue weighted by Gasteiger charge is 2.38. The van der Waals surface area contributed by atoms with Crippen molar-refractivity contribution in [1.82, 2.24) is 14.8 Å². The Bertz CT molecular complexity index is 1030. The third-order valence-electron chi connectivity index (χ3n) is 4.94. The number of aliphatic hydroxyl groups excluding tert-OH is 1. The number of halogens is 3. The van der Waals surface area contributed by atoms with Gasteiger partial charge in [-0.3, -0.25) is 19.3 Å². The number of alkyl halides is 3. The zero-order valence-electron chi connectivity index (χ0n) is 17.3. The second-order valence-corrected chi connectivity index (χ2v) is 8.30. The van der Waals surface area contributed by atoms with E-state index in [9.17, 15) is 27.9 Å². The van der Waals surface area contributed by atoms with Crippen molar-refractivity contribution in [2.75, 3.05) is 6.61 Å². The summed E-state index contributed by atoms with van der Waals surface area (Å²) < 4.78 is 43.5. The molecule has 1 N–H and O–H groups in total. The number of aliphatic hydroxyl groups is 1. The molecular weight excluding hydrogens is 415 g/mol. The Kier molecular flexibility index (Phi) is 5.93. The lowest BCUT2D eigenvalue weighted by molar-refractivity contribution is -0.153. The van der Waals surface area contributed by atoms with E-state index in [0.29, 0.717) is 11.3 Å². The first-order chi connectivity index (χ1) is 14.4. The Morgan fingerprint density at radius 3 is 2.52 bits per heavy atom. The maximum Gasteiger partial charge on any atom is 0.422 e. The molecule has 3 rings (SSSR count). The largest absolute Gasteiger partial charge is 0.506 e. The number of Topliss-reactive ketones (excluding diaryl/α,β-unsaturated/α-hetero) is 2. The highest BCUT2D eigenvalue weighted by atomic mass is 19.4. The third-order valence-corrected chi connectivity index (χ3v) is 4.94. The lowest BCUT2D eigenvalue weighted by atomic mass is 9.73. The maximum absolute atomic E-state index is 12.4. The van der Waals surface area contributed by atoms with E-state index in [1.54, 1.807) is 6.92 Å². The van der Waals surface area contributed by atoms with E-state index >= 15 is 0 Å². The molecule has 0 amide bonds. The summed E-state index contributed by atoms with van der Waals surface area (Å²) in [5.74, 6) is -1.21. The maximum atomic E-state index is 12.4. The zero-order valence-corrected chi connectivity index (χ0v) is 17.3. The van der Waals surface area contributed by atoms with Crippen molar-refractivity contribution in [3.63, 3.8) is 0 Å². The second-order valence-electron chi connectivity index (χ2n) is 8.30. The molecule has 0 bridgehead atoms. The van der Waals surface area contributed by atoms with Crippen molar-refractivity contribution in [2.45, 2.75) is 46.3 Å². The van der Waals surface area contributed by atoms with Gasteiger partial charge in [0.05, 0.1) is 24.0 Å². The first kappa shape index (κ1) is 22.5. The van der Waals surface area contributed by atoms with Crippen molar-refractivity contribution >= 4 is 17.3 Å². The molecule has 166 valence electrons. The van der Waals surface area contributed by atoms with Crippen molar-refractivity contribution in [3.8, 4) is 5.75 Å². The Hall–Kier alpha value is -3.17. The van der Waals surface area contributed by atoms with Crippen LogP contribution < -0.4 is 4.74 Å². The van der Waals surface area contributed by atoms with Gasteiger partial charge in [-0.1, -0.05) is 13.8 Å². The molecular formula is C21H22F3N3O4. The van der Waals surface area contributed by atoms with Gasteiger partial charge in [0.2, 0.25) is 0 Å². The van der Waals surface area contributed by atoms with Gasteiger partial charge in [0.1, 0.15) is 17.1 Å². The van der Waals surface area contributed by atoms with E-state index in [-0.39, 0.29) is 36.3 Å². The minimum Gasteiger partial charge on any atom is -0.506 e. The second kappa shape index (κ2) is 8.16. The average Bonchev–Trinajstić information content (AvgIpc) is 3.08. The van der Waals surface area contributed by atoms with Crippen LogP contribution in [0.2, 0.25) is 0 Å². The average molecular weight is 437 g/mol. The smallest absolute Gasteiger partial charge is 0.422 e. The van der Waals surface area contributed by atoms with Crippen LogP contribution in [0.15, 0.2) is 30.2 Å². The Balaban J connectivity index is 1.81. The molecule has 0 atom stereocenters. The van der Waals surface area contributed by atoms with Crippen molar-refractivity contribution in [3.05, 3.63) is 47.1 Å². The summed E-state index contributed by atoms with van der Waals surface area (Å²) in [5, 5.41) is 14.6. The highest BCUT2D eigenvalue weighted by molar-refractivity contribution is 6.26. The number of rotatable bonds is 5. The Morgan fingerprint density at radius 2 is 1.90 bits per heavy atom. The number of hydrogen-bond donors (Lipinski definition) is 1. The first-order valence-corrected chi connectivity index (χ1v) is 9.53. The Morgan fingerprint density at radius 1 is 1.26 bits per heavy atom. The predicted octanol–water partition coefficient (Wildman–Crippen LogP) is 3.80. The molecule has 0 aliphatic heterocycles. The number of aromatic nitrogens is 3. The molecule has 2 heterocycles. The molecule has 1 aliphatic carbocycles. The number of ketones is 2. The minimum absolute atomic E-state index is 0.0562. The number of carbonyl (C=O) groups is 2. The number of hydrogen-bond acceptors (Lipinski definition) is 6. The molecule has 2 aromatic heterocycles. The molecule has 31 heavy (non-hydrogen) atoms. The summed E-state index contributed by atoms with van der Waals surface area (Å²) in [5.41, 5.74) is 0.360. The first-order valence-electron chi connectivity index (χ1n) is 9.53. The molecule has 1 aliphatic rings. The number of pyridine rings is 1. The summed E-state index contributed by atoms with van der Waals surface area (Å²) in [6, 6.07) is 1.34. The van der Waals surface area contributed by atoms with Crippen LogP contribution in [0.4, 0.5) is 13.2 Å². The van der Waals surface area contributed by atoms with Crippen LogP contribution in [0.3, 0.4) is 0 Å². The van der Waals surface area contributed by atoms with Gasteiger partial charge in [0.25, 0.3) is 0 Å². The lowest BCUT2D eigenvalue weighted by Gasteiger charge is -2.28. The van der Waals surface area contributed by atoms with Gasteiger partial charge in [0.15, 0.2) is 18.2 Å². The van der Waals surface area contributed by atoms with E-state index in [1.165, 1.54) is 29.3 Å². The highest BCUT2D eigenvalue weighted by Crippen LogP contribution is 2.36. The number of ether oxygens (including phenoxy) is 1. The fourth-order valence-corrected chi connectivity index (χ4v) is 3.43. The molecule has 10 heteroatoms. The fraction of sp³-hybridized carbons (Fsp3) is 0.429. The van der Waals surface area contributed by atoms with Gasteiger partial charge >= 0.3 is 6.18 Å². The number of allylic oxidation sites excluding steroid dienone is 1. The lowest BCUT2D eigenvalue weighted by Crippen LogP contribution is -2.32. The van der Waals surface area contributed by atoms with Crippen LogP contribution in [0.25, 0.3) is 5.76 Å². The SMILES string of the molecule is Cc1c(OCC(F)(F)F)ccnc1Cn1cc(C(O)=C2C(=O)CC(C)(C)CC2=O)cn1. The number of nitrogens with zero attached hydrogens (tertiary/aromatic N) is 3. The molecule has 0 unspecified atom stereocenters. The minimum atomic E-state index is -4.46. The molecule has 0 aromatic carbocycles.